The minimum Gasteiger partial charge on any atom is -0.486 e. The number of para-hydroxylation sites is 1. The molecule has 3 aromatic heterocycles. The van der Waals surface area contributed by atoms with Crippen LogP contribution in [0.15, 0.2) is 78.4 Å². The minimum atomic E-state index is -4.76. The second-order valence-electron chi connectivity index (χ2n) is 8.39. The molecule has 0 saturated carbocycles. The van der Waals surface area contributed by atoms with Crippen LogP contribution in [0, 0.1) is 6.92 Å². The minimum absolute atomic E-state index is 0.0405. The molecule has 0 aliphatic rings. The molecule has 0 saturated heterocycles. The molecule has 10 heteroatoms. The fourth-order valence-corrected chi connectivity index (χ4v) is 4.32. The van der Waals surface area contributed by atoms with Crippen molar-refractivity contribution in [3.05, 3.63) is 117 Å². The Morgan fingerprint density at radius 3 is 2.74 bits per heavy atom. The van der Waals surface area contributed by atoms with Crippen LogP contribution in [0.5, 0.6) is 5.75 Å². The summed E-state index contributed by atoms with van der Waals surface area (Å²) in [4.78, 5) is 21.4. The Hall–Kier alpha value is -4.11. The zero-order valence-corrected chi connectivity index (χ0v) is 21.4. The smallest absolute Gasteiger partial charge is 0.421 e. The Labute approximate surface area is 222 Å². The molecule has 0 radical (unpaired) electrons. The highest BCUT2D eigenvalue weighted by Gasteiger charge is 2.34. The number of ether oxygens (including phenoxy) is 1. The third-order valence-electron chi connectivity index (χ3n) is 5.88. The number of rotatable bonds is 8. The number of halogens is 4. The third-order valence-corrected chi connectivity index (χ3v) is 6.23. The van der Waals surface area contributed by atoms with Crippen LogP contribution >= 0.6 is 11.6 Å². The van der Waals surface area contributed by atoms with Crippen LogP contribution in [0.4, 0.5) is 13.2 Å². The van der Waals surface area contributed by atoms with Gasteiger partial charge >= 0.3 is 6.18 Å². The molecule has 0 bridgehead atoms. The molecule has 1 N–H and O–H groups in total. The van der Waals surface area contributed by atoms with Crippen LogP contribution in [0.3, 0.4) is 0 Å². The summed E-state index contributed by atoms with van der Waals surface area (Å²) >= 11 is 6.44. The first-order valence-corrected chi connectivity index (χ1v) is 11.9. The van der Waals surface area contributed by atoms with Gasteiger partial charge in [0, 0.05) is 47.3 Å². The summed E-state index contributed by atoms with van der Waals surface area (Å²) in [6.45, 7) is 5.40. The number of nitrogens with one attached hydrogen (secondary N) is 1. The fourth-order valence-electron chi connectivity index (χ4n) is 4.10. The quantitative estimate of drug-likeness (QED) is 0.272. The standard InChI is InChI=1S/C28H24ClF3N4O2/c1-4-7-23(33-3)19-14-17(2)35-26-18(19)8-5-10-25(26)38-16-20-22(29)11-12-34-24(20)15-36-13-6-9-21(27(36)37)28(30,31)32/h4-14,33H,1,15-16H2,2-3H3/b23-7-. The summed E-state index contributed by atoms with van der Waals surface area (Å²) in [6, 6.07) is 11.0. The second-order valence-corrected chi connectivity index (χ2v) is 8.80. The number of aromatic nitrogens is 3. The normalized spacial score (nSPS) is 12.0. The fraction of sp³-hybridized carbons (Fsp3) is 0.179. The van der Waals surface area contributed by atoms with Crippen LogP contribution in [-0.2, 0) is 19.3 Å². The van der Waals surface area contributed by atoms with E-state index >= 15 is 0 Å². The van der Waals surface area contributed by atoms with E-state index < -0.39 is 17.3 Å². The van der Waals surface area contributed by atoms with Crippen molar-refractivity contribution in [3.8, 4) is 5.75 Å². The second kappa shape index (κ2) is 11.1. The zero-order valence-electron chi connectivity index (χ0n) is 20.6. The summed E-state index contributed by atoms with van der Waals surface area (Å²) < 4.78 is 46.8. The van der Waals surface area contributed by atoms with E-state index in [1.807, 2.05) is 38.2 Å². The highest BCUT2D eigenvalue weighted by atomic mass is 35.5. The molecule has 0 spiro atoms. The molecule has 0 fully saturated rings. The topological polar surface area (TPSA) is 69.0 Å². The number of benzene rings is 1. The molecule has 0 aliphatic carbocycles. The highest BCUT2D eigenvalue weighted by molar-refractivity contribution is 6.31. The lowest BCUT2D eigenvalue weighted by Crippen LogP contribution is -2.28. The SMILES string of the molecule is C=C/C=C(\NC)c1cc(C)nc2c(OCc3c(Cl)ccnc3Cn3cccc(C(F)(F)F)c3=O)cccc12. The molecule has 0 aliphatic heterocycles. The Morgan fingerprint density at radius 1 is 1.24 bits per heavy atom. The van der Waals surface area contributed by atoms with E-state index in [2.05, 4.69) is 21.9 Å². The summed E-state index contributed by atoms with van der Waals surface area (Å²) in [5.74, 6) is 0.489. The van der Waals surface area contributed by atoms with Crippen molar-refractivity contribution in [2.45, 2.75) is 26.3 Å². The van der Waals surface area contributed by atoms with Gasteiger partial charge in [-0.15, -0.1) is 0 Å². The first kappa shape index (κ1) is 26.9. The van der Waals surface area contributed by atoms with Gasteiger partial charge in [0.1, 0.15) is 23.4 Å². The molecule has 0 amide bonds. The van der Waals surface area contributed by atoms with E-state index in [1.54, 1.807) is 18.2 Å². The molecule has 4 rings (SSSR count). The summed E-state index contributed by atoms with van der Waals surface area (Å²) in [5.41, 5.74) is 1.53. The van der Waals surface area contributed by atoms with Gasteiger partial charge in [0.15, 0.2) is 0 Å². The lowest BCUT2D eigenvalue weighted by atomic mass is 10.0. The predicted octanol–water partition coefficient (Wildman–Crippen LogP) is 6.15. The Balaban J connectivity index is 1.70. The Bertz CT molecular complexity index is 1600. The van der Waals surface area contributed by atoms with Crippen molar-refractivity contribution in [2.24, 2.45) is 0 Å². The Morgan fingerprint density at radius 2 is 2.03 bits per heavy atom. The maximum Gasteiger partial charge on any atom is 0.421 e. The van der Waals surface area contributed by atoms with Gasteiger partial charge in [0.05, 0.1) is 17.3 Å². The Kier molecular flexibility index (Phi) is 7.87. The van der Waals surface area contributed by atoms with Crippen LogP contribution in [-0.4, -0.2) is 21.6 Å². The van der Waals surface area contributed by atoms with E-state index in [1.165, 1.54) is 18.5 Å². The molecule has 1 aromatic carbocycles. The van der Waals surface area contributed by atoms with Gasteiger partial charge in [0.2, 0.25) is 0 Å². The van der Waals surface area contributed by atoms with Gasteiger partial charge in [-0.25, -0.2) is 4.98 Å². The number of fused-ring (bicyclic) bond motifs is 1. The number of allylic oxidation sites excluding steroid dienone is 2. The van der Waals surface area contributed by atoms with Gasteiger partial charge in [0.25, 0.3) is 5.56 Å². The summed E-state index contributed by atoms with van der Waals surface area (Å²) in [5, 5.41) is 4.33. The first-order valence-electron chi connectivity index (χ1n) is 11.6. The lowest BCUT2D eigenvalue weighted by molar-refractivity contribution is -0.138. The van der Waals surface area contributed by atoms with Crippen LogP contribution in [0.1, 0.15) is 28.1 Å². The van der Waals surface area contributed by atoms with E-state index in [0.29, 0.717) is 27.5 Å². The van der Waals surface area contributed by atoms with Crippen molar-refractivity contribution >= 4 is 28.2 Å². The summed E-state index contributed by atoms with van der Waals surface area (Å²) in [6.07, 6.45) is 1.49. The average Bonchev–Trinajstić information content (AvgIpc) is 2.87. The van der Waals surface area contributed by atoms with Crippen LogP contribution in [0.2, 0.25) is 5.02 Å². The number of hydrogen-bond acceptors (Lipinski definition) is 5. The monoisotopic (exact) mass is 540 g/mol. The van der Waals surface area contributed by atoms with E-state index in [0.717, 1.165) is 33.0 Å². The van der Waals surface area contributed by atoms with Crippen molar-refractivity contribution in [1.82, 2.24) is 19.9 Å². The molecule has 4 aromatic rings. The van der Waals surface area contributed by atoms with Gasteiger partial charge in [-0.2, -0.15) is 13.2 Å². The van der Waals surface area contributed by atoms with Gasteiger partial charge in [-0.05, 0) is 43.3 Å². The lowest BCUT2D eigenvalue weighted by Gasteiger charge is -2.16. The number of nitrogens with zero attached hydrogens (tertiary/aromatic N) is 3. The number of pyridine rings is 3. The van der Waals surface area contributed by atoms with Crippen LogP contribution < -0.4 is 15.6 Å². The van der Waals surface area contributed by atoms with E-state index in [4.69, 9.17) is 16.3 Å². The number of aryl methyl sites for hydroxylation is 1. The molecular weight excluding hydrogens is 517 g/mol. The zero-order chi connectivity index (χ0) is 27.4. The van der Waals surface area contributed by atoms with Crippen molar-refractivity contribution < 1.29 is 17.9 Å². The van der Waals surface area contributed by atoms with Crippen LogP contribution in [0.25, 0.3) is 16.6 Å². The average molecular weight is 541 g/mol. The molecule has 196 valence electrons. The van der Waals surface area contributed by atoms with Gasteiger partial charge in [-0.3, -0.25) is 9.78 Å². The molecule has 38 heavy (non-hydrogen) atoms. The van der Waals surface area contributed by atoms with Gasteiger partial charge in [-0.1, -0.05) is 36.4 Å². The maximum atomic E-state index is 13.2. The van der Waals surface area contributed by atoms with E-state index in [9.17, 15) is 18.0 Å². The molecule has 6 nitrogen and oxygen atoms in total. The van der Waals surface area contributed by atoms with E-state index in [-0.39, 0.29) is 13.2 Å². The maximum absolute atomic E-state index is 13.2. The van der Waals surface area contributed by atoms with Crippen molar-refractivity contribution in [1.29, 1.82) is 0 Å². The van der Waals surface area contributed by atoms with Crippen molar-refractivity contribution in [2.75, 3.05) is 7.05 Å². The number of hydrogen-bond donors (Lipinski definition) is 1. The number of alkyl halides is 3. The molecular formula is C28H24ClF3N4O2. The van der Waals surface area contributed by atoms with Crippen molar-refractivity contribution in [3.63, 3.8) is 0 Å². The molecule has 0 unspecified atom stereocenters. The summed E-state index contributed by atoms with van der Waals surface area (Å²) in [7, 11) is 1.82. The highest BCUT2D eigenvalue weighted by Crippen LogP contribution is 2.31. The largest absolute Gasteiger partial charge is 0.486 e. The first-order chi connectivity index (χ1) is 18.1. The third kappa shape index (κ3) is 5.57. The predicted molar refractivity (Wildman–Crippen MR) is 142 cm³/mol. The van der Waals surface area contributed by atoms with Gasteiger partial charge < -0.3 is 14.6 Å². The molecule has 0 atom stereocenters. The molecule has 3 heterocycles.